The van der Waals surface area contributed by atoms with Crippen LogP contribution in [0.3, 0.4) is 0 Å². The van der Waals surface area contributed by atoms with Gasteiger partial charge in [-0.05, 0) is 12.5 Å². The topological polar surface area (TPSA) is 12.0 Å². The second-order valence-corrected chi connectivity index (χ2v) is 2.12. The highest BCUT2D eigenvalue weighted by Crippen LogP contribution is 1.99. The molecule has 0 atom stereocenters. The van der Waals surface area contributed by atoms with E-state index in [0.717, 1.165) is 17.7 Å². The summed E-state index contributed by atoms with van der Waals surface area (Å²) in [6.45, 7) is 9.64. The second kappa shape index (κ2) is 4.86. The van der Waals surface area contributed by atoms with Gasteiger partial charge in [-0.2, -0.15) is 0 Å². The summed E-state index contributed by atoms with van der Waals surface area (Å²) >= 11 is 0. The maximum Gasteiger partial charge on any atom is 0.0264 e. The fourth-order valence-corrected chi connectivity index (χ4v) is 0.420. The number of hydrogen-bond donors (Lipinski definition) is 1. The third-order valence-electron chi connectivity index (χ3n) is 1.30. The van der Waals surface area contributed by atoms with Crippen molar-refractivity contribution in [1.29, 1.82) is 0 Å². The molecule has 56 valence electrons. The average Bonchev–Trinajstić information content (AvgIpc) is 1.99. The summed E-state index contributed by atoms with van der Waals surface area (Å²) in [6, 6.07) is 0. The van der Waals surface area contributed by atoms with Crippen molar-refractivity contribution in [2.45, 2.75) is 13.3 Å². The van der Waals surface area contributed by atoms with E-state index in [1.165, 1.54) is 0 Å². The van der Waals surface area contributed by atoms with E-state index in [-0.39, 0.29) is 0 Å². The van der Waals surface area contributed by atoms with Gasteiger partial charge in [0.25, 0.3) is 0 Å². The molecule has 0 saturated heterocycles. The molecular weight excluding hydrogens is 122 g/mol. The van der Waals surface area contributed by atoms with Crippen LogP contribution < -0.4 is 5.32 Å². The number of likely N-dealkylation sites (N-methyl/N-ethyl adjacent to an activating group) is 1. The fourth-order valence-electron chi connectivity index (χ4n) is 0.420. The summed E-state index contributed by atoms with van der Waals surface area (Å²) < 4.78 is 0. The van der Waals surface area contributed by atoms with E-state index in [1.807, 2.05) is 19.2 Å². The maximum absolute atomic E-state index is 3.82. The molecular formula is C9H15N. The number of nitrogens with one attached hydrogen (secondary N) is 1. The number of allylic oxidation sites excluding steroid dienone is 3. The minimum absolute atomic E-state index is 0.912. The fraction of sp³-hybridized carbons (Fsp3) is 0.333. The lowest BCUT2D eigenvalue weighted by atomic mass is 10.2. The van der Waals surface area contributed by atoms with Crippen LogP contribution in [-0.2, 0) is 0 Å². The molecule has 0 saturated carbocycles. The van der Waals surface area contributed by atoms with Gasteiger partial charge < -0.3 is 5.32 Å². The average molecular weight is 137 g/mol. The lowest BCUT2D eigenvalue weighted by Gasteiger charge is -1.96. The summed E-state index contributed by atoms with van der Waals surface area (Å²) in [6.07, 6.45) is 4.89. The molecule has 1 heteroatoms. The largest absolute Gasteiger partial charge is 0.389 e. The van der Waals surface area contributed by atoms with Crippen LogP contribution in [0, 0.1) is 0 Å². The summed E-state index contributed by atoms with van der Waals surface area (Å²) in [4.78, 5) is 0. The Hall–Kier alpha value is -0.980. The maximum atomic E-state index is 3.82. The third kappa shape index (κ3) is 3.96. The van der Waals surface area contributed by atoms with Crippen LogP contribution in [0.2, 0.25) is 0 Å². The number of rotatable bonds is 4. The Morgan fingerprint density at radius 3 is 2.40 bits per heavy atom. The van der Waals surface area contributed by atoms with E-state index >= 15 is 0 Å². The highest BCUT2D eigenvalue weighted by atomic mass is 14.8. The van der Waals surface area contributed by atoms with Crippen LogP contribution in [-0.4, -0.2) is 7.05 Å². The molecule has 0 aliphatic carbocycles. The van der Waals surface area contributed by atoms with Crippen LogP contribution in [0.5, 0.6) is 0 Å². The molecule has 0 bridgehead atoms. The Bertz CT molecular complexity index is 136. The first-order valence-corrected chi connectivity index (χ1v) is 3.43. The van der Waals surface area contributed by atoms with Gasteiger partial charge in [0, 0.05) is 12.7 Å². The quantitative estimate of drug-likeness (QED) is 0.586. The molecule has 0 aromatic heterocycles. The molecule has 0 aliphatic rings. The van der Waals surface area contributed by atoms with Crippen molar-refractivity contribution in [3.05, 3.63) is 36.6 Å². The third-order valence-corrected chi connectivity index (χ3v) is 1.30. The van der Waals surface area contributed by atoms with E-state index in [1.54, 1.807) is 0 Å². The monoisotopic (exact) mass is 137 g/mol. The Kier molecular flexibility index (Phi) is 4.38. The molecule has 0 spiro atoms. The van der Waals surface area contributed by atoms with Gasteiger partial charge in [0.2, 0.25) is 0 Å². The van der Waals surface area contributed by atoms with Crippen LogP contribution >= 0.6 is 0 Å². The summed E-state index contributed by atoms with van der Waals surface area (Å²) in [5.41, 5.74) is 2.03. The molecule has 0 unspecified atom stereocenters. The van der Waals surface area contributed by atoms with Crippen molar-refractivity contribution in [2.75, 3.05) is 7.05 Å². The predicted octanol–water partition coefficient (Wildman–Crippen LogP) is 2.24. The predicted molar refractivity (Wildman–Crippen MR) is 46.8 cm³/mol. The zero-order chi connectivity index (χ0) is 7.98. The van der Waals surface area contributed by atoms with Gasteiger partial charge >= 0.3 is 0 Å². The summed E-state index contributed by atoms with van der Waals surface area (Å²) in [5.74, 6) is 0. The second-order valence-electron chi connectivity index (χ2n) is 2.12. The number of hydrogen-bond acceptors (Lipinski definition) is 1. The Morgan fingerprint density at radius 1 is 1.40 bits per heavy atom. The first-order chi connectivity index (χ1) is 4.70. The van der Waals surface area contributed by atoms with E-state index in [2.05, 4.69) is 25.4 Å². The van der Waals surface area contributed by atoms with Crippen molar-refractivity contribution in [3.63, 3.8) is 0 Å². The lowest BCUT2D eigenvalue weighted by molar-refractivity contribution is 1.04. The molecule has 0 amide bonds. The SMILES string of the molecule is C=C(/C=C\C(=C)NC)CC. The smallest absolute Gasteiger partial charge is 0.0264 e. The molecule has 0 radical (unpaired) electrons. The van der Waals surface area contributed by atoms with Gasteiger partial charge in [-0.3, -0.25) is 0 Å². The molecule has 0 aromatic rings. The van der Waals surface area contributed by atoms with Gasteiger partial charge in [0.1, 0.15) is 0 Å². The van der Waals surface area contributed by atoms with Gasteiger partial charge in [0.15, 0.2) is 0 Å². The van der Waals surface area contributed by atoms with Crippen LogP contribution in [0.1, 0.15) is 13.3 Å². The van der Waals surface area contributed by atoms with Crippen LogP contribution in [0.15, 0.2) is 36.6 Å². The van der Waals surface area contributed by atoms with Crippen molar-refractivity contribution in [2.24, 2.45) is 0 Å². The van der Waals surface area contributed by atoms with E-state index in [9.17, 15) is 0 Å². The Balaban J connectivity index is 3.75. The Labute approximate surface area is 63.1 Å². The minimum atomic E-state index is 0.912. The van der Waals surface area contributed by atoms with E-state index < -0.39 is 0 Å². The van der Waals surface area contributed by atoms with Crippen molar-refractivity contribution in [1.82, 2.24) is 5.32 Å². The van der Waals surface area contributed by atoms with Crippen molar-refractivity contribution >= 4 is 0 Å². The zero-order valence-electron chi connectivity index (χ0n) is 6.78. The first-order valence-electron chi connectivity index (χ1n) is 3.43. The molecule has 0 aromatic carbocycles. The standard InChI is InChI=1S/C9H15N/c1-5-8(2)6-7-9(3)10-4/h6-7,10H,2-3,5H2,1,4H3/b7-6-. The molecule has 1 N–H and O–H groups in total. The molecule has 1 nitrogen and oxygen atoms in total. The lowest BCUT2D eigenvalue weighted by Crippen LogP contribution is -2.00. The van der Waals surface area contributed by atoms with Crippen molar-refractivity contribution < 1.29 is 0 Å². The Morgan fingerprint density at radius 2 is 2.00 bits per heavy atom. The molecule has 0 heterocycles. The normalized spacial score (nSPS) is 9.80. The van der Waals surface area contributed by atoms with E-state index in [4.69, 9.17) is 0 Å². The van der Waals surface area contributed by atoms with Gasteiger partial charge in [0.05, 0.1) is 0 Å². The first kappa shape index (κ1) is 9.02. The van der Waals surface area contributed by atoms with E-state index in [0.29, 0.717) is 0 Å². The molecule has 0 fully saturated rings. The molecule has 0 aliphatic heterocycles. The zero-order valence-corrected chi connectivity index (χ0v) is 6.78. The minimum Gasteiger partial charge on any atom is -0.389 e. The van der Waals surface area contributed by atoms with Gasteiger partial charge in [-0.15, -0.1) is 0 Å². The highest BCUT2D eigenvalue weighted by molar-refractivity contribution is 5.22. The van der Waals surface area contributed by atoms with Gasteiger partial charge in [-0.1, -0.05) is 31.7 Å². The summed E-state index contributed by atoms with van der Waals surface area (Å²) in [5, 5.41) is 2.92. The van der Waals surface area contributed by atoms with Crippen molar-refractivity contribution in [3.8, 4) is 0 Å². The summed E-state index contributed by atoms with van der Waals surface area (Å²) in [7, 11) is 1.85. The highest BCUT2D eigenvalue weighted by Gasteiger charge is 1.81. The van der Waals surface area contributed by atoms with Crippen LogP contribution in [0.4, 0.5) is 0 Å². The molecule has 0 rings (SSSR count). The van der Waals surface area contributed by atoms with Crippen LogP contribution in [0.25, 0.3) is 0 Å². The molecule has 10 heavy (non-hydrogen) atoms. The van der Waals surface area contributed by atoms with Gasteiger partial charge in [-0.25, -0.2) is 0 Å².